The minimum atomic E-state index is -3.05. The third kappa shape index (κ3) is 4.73. The van der Waals surface area contributed by atoms with Crippen molar-refractivity contribution in [1.29, 1.82) is 0 Å². The lowest BCUT2D eigenvalue weighted by atomic mass is 10.2. The number of hydrogen-bond acceptors (Lipinski definition) is 4. The number of sulfone groups is 1. The molecule has 120 valence electrons. The van der Waals surface area contributed by atoms with Gasteiger partial charge in [0.05, 0.1) is 11.5 Å². The fraction of sp³-hybridized carbons (Fsp3) is 0.429. The molecule has 0 aromatic heterocycles. The van der Waals surface area contributed by atoms with Crippen LogP contribution in [0.15, 0.2) is 30.3 Å². The molecule has 8 heteroatoms. The van der Waals surface area contributed by atoms with E-state index in [1.165, 1.54) is 0 Å². The van der Waals surface area contributed by atoms with Crippen LogP contribution in [0.2, 0.25) is 0 Å². The number of anilines is 1. The molecular weight excluding hydrogens is 306 g/mol. The largest absolute Gasteiger partial charge is 0.334 e. The van der Waals surface area contributed by atoms with Crippen molar-refractivity contribution in [3.05, 3.63) is 30.3 Å². The van der Waals surface area contributed by atoms with Gasteiger partial charge in [0.2, 0.25) is 5.91 Å². The summed E-state index contributed by atoms with van der Waals surface area (Å²) >= 11 is 0. The monoisotopic (exact) mass is 325 g/mol. The molecule has 0 unspecified atom stereocenters. The van der Waals surface area contributed by atoms with Gasteiger partial charge >= 0.3 is 6.03 Å². The highest BCUT2D eigenvalue weighted by atomic mass is 32.2. The maximum absolute atomic E-state index is 11.9. The van der Waals surface area contributed by atoms with Crippen molar-refractivity contribution in [3.63, 3.8) is 0 Å². The van der Waals surface area contributed by atoms with Crippen LogP contribution in [0.1, 0.15) is 13.3 Å². The number of benzene rings is 1. The van der Waals surface area contributed by atoms with Crippen LogP contribution in [-0.2, 0) is 14.6 Å². The summed E-state index contributed by atoms with van der Waals surface area (Å²) in [6.45, 7) is 1.56. The third-order valence-electron chi connectivity index (χ3n) is 3.35. The third-order valence-corrected chi connectivity index (χ3v) is 5.12. The lowest BCUT2D eigenvalue weighted by Gasteiger charge is -2.17. The molecule has 0 bridgehead atoms. The van der Waals surface area contributed by atoms with Gasteiger partial charge in [-0.2, -0.15) is 0 Å². The molecular formula is C14H19N3O4S. The molecule has 0 aliphatic carbocycles. The molecule has 0 saturated carbocycles. The summed E-state index contributed by atoms with van der Waals surface area (Å²) in [6.07, 6.45) is 0.403. The standard InChI is InChI=1S/C14H19N3O4S/c1-10(13(18)16-11-5-3-2-4-6-11)15-14(19)17-12-7-8-22(20,21)9-12/h2-6,10,12H,7-9H2,1H3,(H,16,18)(H2,15,17,19)/t10-,12+/m0/s1. The zero-order valence-corrected chi connectivity index (χ0v) is 13.0. The van der Waals surface area contributed by atoms with E-state index >= 15 is 0 Å². The summed E-state index contributed by atoms with van der Waals surface area (Å²) in [5.41, 5.74) is 0.642. The van der Waals surface area contributed by atoms with Crippen LogP contribution in [0.25, 0.3) is 0 Å². The van der Waals surface area contributed by atoms with E-state index in [0.717, 1.165) is 0 Å². The first-order valence-corrected chi connectivity index (χ1v) is 8.81. The second kappa shape index (κ2) is 6.78. The van der Waals surface area contributed by atoms with E-state index in [1.807, 2.05) is 6.07 Å². The molecule has 2 atom stereocenters. The number of carbonyl (C=O) groups is 2. The van der Waals surface area contributed by atoms with Crippen molar-refractivity contribution < 1.29 is 18.0 Å². The molecule has 3 N–H and O–H groups in total. The average Bonchev–Trinajstić information content (AvgIpc) is 2.78. The van der Waals surface area contributed by atoms with Gasteiger partial charge in [0.25, 0.3) is 0 Å². The molecule has 7 nitrogen and oxygen atoms in total. The summed E-state index contributed by atoms with van der Waals surface area (Å²) in [5, 5.41) is 7.75. The van der Waals surface area contributed by atoms with Crippen LogP contribution < -0.4 is 16.0 Å². The Morgan fingerprint density at radius 1 is 1.23 bits per heavy atom. The zero-order chi connectivity index (χ0) is 16.2. The SMILES string of the molecule is C[C@H](NC(=O)N[C@@H]1CCS(=O)(=O)C1)C(=O)Nc1ccccc1. The highest BCUT2D eigenvalue weighted by Crippen LogP contribution is 2.11. The maximum atomic E-state index is 11.9. The van der Waals surface area contributed by atoms with Gasteiger partial charge in [0, 0.05) is 11.7 Å². The molecule has 1 saturated heterocycles. The van der Waals surface area contributed by atoms with Crippen molar-refractivity contribution >= 4 is 27.5 Å². The van der Waals surface area contributed by atoms with Crippen molar-refractivity contribution in [1.82, 2.24) is 10.6 Å². The molecule has 1 fully saturated rings. The van der Waals surface area contributed by atoms with E-state index < -0.39 is 28.0 Å². The molecule has 1 aliphatic heterocycles. The van der Waals surface area contributed by atoms with Crippen LogP contribution in [0.4, 0.5) is 10.5 Å². The van der Waals surface area contributed by atoms with Crippen molar-refractivity contribution in [3.8, 4) is 0 Å². The Kier molecular flexibility index (Phi) is 5.02. The van der Waals surface area contributed by atoms with Crippen LogP contribution in [0, 0.1) is 0 Å². The normalized spacial score (nSPS) is 20.9. The van der Waals surface area contributed by atoms with Crippen molar-refractivity contribution in [2.75, 3.05) is 16.8 Å². The Bertz CT molecular complexity index is 645. The molecule has 1 aromatic carbocycles. The van der Waals surface area contributed by atoms with Gasteiger partial charge in [0.15, 0.2) is 9.84 Å². The predicted octanol–water partition coefficient (Wildman–Crippen LogP) is 0.500. The van der Waals surface area contributed by atoms with Crippen LogP contribution in [0.5, 0.6) is 0 Å². The lowest BCUT2D eigenvalue weighted by Crippen LogP contribution is -2.49. The Labute approximate surface area is 129 Å². The summed E-state index contributed by atoms with van der Waals surface area (Å²) in [6, 6.07) is 7.23. The fourth-order valence-electron chi connectivity index (χ4n) is 2.17. The molecule has 1 aromatic rings. The number of rotatable bonds is 4. The van der Waals surface area contributed by atoms with E-state index in [9.17, 15) is 18.0 Å². The number of para-hydroxylation sites is 1. The number of amides is 3. The van der Waals surface area contributed by atoms with Crippen LogP contribution in [-0.4, -0.2) is 43.9 Å². The number of hydrogen-bond donors (Lipinski definition) is 3. The zero-order valence-electron chi connectivity index (χ0n) is 12.2. The topological polar surface area (TPSA) is 104 Å². The maximum Gasteiger partial charge on any atom is 0.315 e. The van der Waals surface area contributed by atoms with Crippen molar-refractivity contribution in [2.24, 2.45) is 0 Å². The van der Waals surface area contributed by atoms with E-state index in [2.05, 4.69) is 16.0 Å². The van der Waals surface area contributed by atoms with E-state index in [0.29, 0.717) is 12.1 Å². The first-order valence-electron chi connectivity index (χ1n) is 6.99. The van der Waals surface area contributed by atoms with Crippen LogP contribution in [0.3, 0.4) is 0 Å². The van der Waals surface area contributed by atoms with Crippen molar-refractivity contribution in [2.45, 2.75) is 25.4 Å². The molecule has 1 heterocycles. The van der Waals surface area contributed by atoms with Crippen LogP contribution >= 0.6 is 0 Å². The molecule has 0 spiro atoms. The van der Waals surface area contributed by atoms with Gasteiger partial charge in [-0.15, -0.1) is 0 Å². The Hall–Kier alpha value is -2.09. The molecule has 1 aliphatic rings. The molecule has 0 radical (unpaired) electrons. The average molecular weight is 325 g/mol. The molecule has 3 amide bonds. The summed E-state index contributed by atoms with van der Waals surface area (Å²) < 4.78 is 22.6. The first-order chi connectivity index (χ1) is 10.4. The minimum Gasteiger partial charge on any atom is -0.334 e. The van der Waals surface area contributed by atoms with Gasteiger partial charge in [0.1, 0.15) is 6.04 Å². The Morgan fingerprint density at radius 3 is 2.50 bits per heavy atom. The number of carbonyl (C=O) groups excluding carboxylic acids is 2. The second-order valence-electron chi connectivity index (χ2n) is 5.29. The van der Waals surface area contributed by atoms with Gasteiger partial charge in [-0.25, -0.2) is 13.2 Å². The highest BCUT2D eigenvalue weighted by molar-refractivity contribution is 7.91. The van der Waals surface area contributed by atoms with Gasteiger partial charge in [-0.05, 0) is 25.5 Å². The quantitative estimate of drug-likeness (QED) is 0.750. The summed E-state index contributed by atoms with van der Waals surface area (Å²) in [7, 11) is -3.05. The highest BCUT2D eigenvalue weighted by Gasteiger charge is 2.29. The summed E-state index contributed by atoms with van der Waals surface area (Å²) in [4.78, 5) is 23.7. The smallest absolute Gasteiger partial charge is 0.315 e. The lowest BCUT2D eigenvalue weighted by molar-refractivity contribution is -0.117. The van der Waals surface area contributed by atoms with E-state index in [4.69, 9.17) is 0 Å². The van der Waals surface area contributed by atoms with Gasteiger partial charge < -0.3 is 16.0 Å². The number of nitrogens with one attached hydrogen (secondary N) is 3. The summed E-state index contributed by atoms with van der Waals surface area (Å²) in [5.74, 6) is -0.312. The first kappa shape index (κ1) is 16.3. The van der Waals surface area contributed by atoms with E-state index in [-0.39, 0.29) is 17.4 Å². The predicted molar refractivity (Wildman–Crippen MR) is 83.3 cm³/mol. The Balaban J connectivity index is 1.80. The minimum absolute atomic E-state index is 0.0506. The van der Waals surface area contributed by atoms with Gasteiger partial charge in [-0.3, -0.25) is 4.79 Å². The Morgan fingerprint density at radius 2 is 1.91 bits per heavy atom. The van der Waals surface area contributed by atoms with E-state index in [1.54, 1.807) is 31.2 Å². The molecule has 22 heavy (non-hydrogen) atoms. The van der Waals surface area contributed by atoms with Gasteiger partial charge in [-0.1, -0.05) is 18.2 Å². The fourth-order valence-corrected chi connectivity index (χ4v) is 3.84. The molecule has 2 rings (SSSR count). The second-order valence-corrected chi connectivity index (χ2v) is 7.52. The number of urea groups is 1.